The Balaban J connectivity index is 3.12. The first-order valence-corrected chi connectivity index (χ1v) is 6.45. The lowest BCUT2D eigenvalue weighted by atomic mass is 10.0. The molecule has 0 N–H and O–H groups in total. The van der Waals surface area contributed by atoms with Crippen molar-refractivity contribution in [3.8, 4) is 0 Å². The monoisotopic (exact) mass is 326 g/mol. The molecule has 0 spiro atoms. The number of ketones is 1. The summed E-state index contributed by atoms with van der Waals surface area (Å²) < 4.78 is 36.9. The van der Waals surface area contributed by atoms with Crippen LogP contribution in [0.3, 0.4) is 0 Å². The van der Waals surface area contributed by atoms with Gasteiger partial charge in [-0.15, -0.1) is 0 Å². The molecule has 6 heteroatoms. The molecule has 0 aliphatic heterocycles. The van der Waals surface area contributed by atoms with Gasteiger partial charge in [0.25, 0.3) is 0 Å². The van der Waals surface area contributed by atoms with Gasteiger partial charge in [-0.1, -0.05) is 28.1 Å². The van der Waals surface area contributed by atoms with Crippen LogP contribution < -0.4 is 0 Å². The first-order chi connectivity index (χ1) is 7.72. The van der Waals surface area contributed by atoms with E-state index in [0.717, 1.165) is 0 Å². The number of rotatable bonds is 3. The van der Waals surface area contributed by atoms with Crippen molar-refractivity contribution in [3.63, 3.8) is 0 Å². The molecule has 1 atom stereocenters. The maximum atomic E-state index is 12.3. The second-order valence-corrected chi connectivity index (χ2v) is 5.51. The molecule has 17 heavy (non-hydrogen) atoms. The molecule has 0 amide bonds. The molecule has 1 unspecified atom stereocenters. The summed E-state index contributed by atoms with van der Waals surface area (Å²) >= 11 is 3.01. The van der Waals surface area contributed by atoms with Crippen molar-refractivity contribution in [3.05, 3.63) is 29.3 Å². The van der Waals surface area contributed by atoms with Crippen molar-refractivity contribution in [1.82, 2.24) is 0 Å². The van der Waals surface area contributed by atoms with Gasteiger partial charge < -0.3 is 0 Å². The van der Waals surface area contributed by atoms with Gasteiger partial charge >= 0.3 is 5.51 Å². The van der Waals surface area contributed by atoms with Crippen LogP contribution >= 0.6 is 27.7 Å². The molecular formula is C11H10BrF3OS. The van der Waals surface area contributed by atoms with Crippen molar-refractivity contribution in [2.24, 2.45) is 0 Å². The van der Waals surface area contributed by atoms with Gasteiger partial charge in [-0.3, -0.25) is 4.79 Å². The highest BCUT2D eigenvalue weighted by atomic mass is 79.9. The molecule has 0 aliphatic carbocycles. The molecule has 94 valence electrons. The minimum Gasteiger partial charge on any atom is -0.298 e. The molecule has 0 fully saturated rings. The first-order valence-electron chi connectivity index (χ1n) is 4.72. The van der Waals surface area contributed by atoms with Crippen LogP contribution in [0.25, 0.3) is 0 Å². The van der Waals surface area contributed by atoms with E-state index >= 15 is 0 Å². The molecule has 0 bridgehead atoms. The van der Waals surface area contributed by atoms with Gasteiger partial charge in [0.2, 0.25) is 0 Å². The second-order valence-electron chi connectivity index (χ2n) is 3.49. The average Bonchev–Trinajstić information content (AvgIpc) is 2.18. The quantitative estimate of drug-likeness (QED) is 0.595. The van der Waals surface area contributed by atoms with E-state index in [0.29, 0.717) is 11.1 Å². The Bertz CT molecular complexity index is 431. The summed E-state index contributed by atoms with van der Waals surface area (Å²) in [5.41, 5.74) is -3.26. The Hall–Kier alpha value is -0.490. The number of carbonyl (C=O) groups excluding carboxylic acids is 1. The van der Waals surface area contributed by atoms with Gasteiger partial charge in [0.15, 0.2) is 0 Å². The molecule has 1 nitrogen and oxygen atoms in total. The molecule has 1 rings (SSSR count). The van der Waals surface area contributed by atoms with Crippen LogP contribution in [0, 0.1) is 6.92 Å². The number of hydrogen-bond donors (Lipinski definition) is 0. The second kappa shape index (κ2) is 5.44. The average molecular weight is 327 g/mol. The Morgan fingerprint density at radius 1 is 1.41 bits per heavy atom. The predicted molar refractivity (Wildman–Crippen MR) is 65.4 cm³/mol. The van der Waals surface area contributed by atoms with Gasteiger partial charge in [0.1, 0.15) is 5.78 Å². The molecule has 1 aromatic rings. The summed E-state index contributed by atoms with van der Waals surface area (Å²) in [5.74, 6) is -0.137. The number of carbonyl (C=O) groups is 1. The molecule has 0 radical (unpaired) electrons. The lowest BCUT2D eigenvalue weighted by Crippen LogP contribution is -2.05. The highest BCUT2D eigenvalue weighted by Crippen LogP contribution is 2.40. The highest BCUT2D eigenvalue weighted by molar-refractivity contribution is 9.09. The van der Waals surface area contributed by atoms with E-state index in [9.17, 15) is 18.0 Å². The topological polar surface area (TPSA) is 17.1 Å². The maximum absolute atomic E-state index is 12.3. The summed E-state index contributed by atoms with van der Waals surface area (Å²) in [4.78, 5) is 10.8. The summed E-state index contributed by atoms with van der Waals surface area (Å²) in [7, 11) is 0. The predicted octanol–water partition coefficient (Wildman–Crippen LogP) is 4.63. The lowest BCUT2D eigenvalue weighted by Gasteiger charge is -2.14. The summed E-state index contributed by atoms with van der Waals surface area (Å²) in [6.45, 7) is 2.98. The van der Waals surface area contributed by atoms with Crippen LogP contribution in [0.1, 0.15) is 22.9 Å². The Morgan fingerprint density at radius 2 is 2.00 bits per heavy atom. The van der Waals surface area contributed by atoms with Crippen molar-refractivity contribution in [2.45, 2.75) is 29.1 Å². The molecular weight excluding hydrogens is 317 g/mol. The number of hydrogen-bond acceptors (Lipinski definition) is 2. The van der Waals surface area contributed by atoms with Gasteiger partial charge in [0, 0.05) is 4.90 Å². The Labute approximate surface area is 110 Å². The van der Waals surface area contributed by atoms with E-state index in [1.807, 2.05) is 0 Å². The Kier molecular flexibility index (Phi) is 4.66. The van der Waals surface area contributed by atoms with Gasteiger partial charge in [-0.2, -0.15) is 13.2 Å². The standard InChI is InChI=1S/C11H10BrF3OS/c1-6-8(10(12)7(2)16)4-3-5-9(6)17-11(13,14)15/h3-5,10H,1-2H3. The minimum absolute atomic E-state index is 0.126. The number of thioether (sulfide) groups is 1. The van der Waals surface area contributed by atoms with Crippen LogP contribution in [0.4, 0.5) is 13.2 Å². The first kappa shape index (κ1) is 14.6. The van der Waals surface area contributed by atoms with E-state index in [2.05, 4.69) is 15.9 Å². The highest BCUT2D eigenvalue weighted by Gasteiger charge is 2.30. The van der Waals surface area contributed by atoms with Crippen LogP contribution in [-0.2, 0) is 4.79 Å². The molecule has 0 saturated carbocycles. The van der Waals surface area contributed by atoms with Crippen molar-refractivity contribution < 1.29 is 18.0 Å². The third-order valence-electron chi connectivity index (χ3n) is 2.18. The molecule has 0 aliphatic rings. The summed E-state index contributed by atoms with van der Waals surface area (Å²) in [6.07, 6.45) is 0. The van der Waals surface area contributed by atoms with Crippen molar-refractivity contribution in [1.29, 1.82) is 0 Å². The van der Waals surface area contributed by atoms with Gasteiger partial charge in [0.05, 0.1) is 4.83 Å². The number of benzene rings is 1. The SMILES string of the molecule is CC(=O)C(Br)c1cccc(SC(F)(F)F)c1C. The zero-order chi connectivity index (χ0) is 13.2. The normalized spacial score (nSPS) is 13.5. The van der Waals surface area contributed by atoms with E-state index < -0.39 is 10.3 Å². The van der Waals surface area contributed by atoms with Crippen molar-refractivity contribution >= 4 is 33.5 Å². The fourth-order valence-electron chi connectivity index (χ4n) is 1.36. The van der Waals surface area contributed by atoms with Crippen molar-refractivity contribution in [2.75, 3.05) is 0 Å². The zero-order valence-corrected chi connectivity index (χ0v) is 11.5. The van der Waals surface area contributed by atoms with Crippen LogP contribution in [0.2, 0.25) is 0 Å². The van der Waals surface area contributed by atoms with Crippen LogP contribution in [0.5, 0.6) is 0 Å². The van der Waals surface area contributed by atoms with Gasteiger partial charge in [-0.25, -0.2) is 0 Å². The number of Topliss-reactive ketones (excluding diaryl/α,β-unsaturated/α-hetero) is 1. The molecule has 0 heterocycles. The fourth-order valence-corrected chi connectivity index (χ4v) is 2.52. The minimum atomic E-state index is -4.32. The van der Waals surface area contributed by atoms with Crippen LogP contribution in [-0.4, -0.2) is 11.3 Å². The number of halogens is 4. The molecule has 0 aromatic heterocycles. The van der Waals surface area contributed by atoms with E-state index in [4.69, 9.17) is 0 Å². The van der Waals surface area contributed by atoms with E-state index in [-0.39, 0.29) is 22.4 Å². The third kappa shape index (κ3) is 4.03. The number of alkyl halides is 4. The smallest absolute Gasteiger partial charge is 0.298 e. The van der Waals surface area contributed by atoms with Gasteiger partial charge in [-0.05, 0) is 42.8 Å². The summed E-state index contributed by atoms with van der Waals surface area (Å²) in [5, 5.41) is 0. The molecule has 0 saturated heterocycles. The largest absolute Gasteiger partial charge is 0.446 e. The summed E-state index contributed by atoms with van der Waals surface area (Å²) in [6, 6.07) is 4.57. The lowest BCUT2D eigenvalue weighted by molar-refractivity contribution is -0.116. The fraction of sp³-hybridized carbons (Fsp3) is 0.364. The maximum Gasteiger partial charge on any atom is 0.446 e. The van der Waals surface area contributed by atoms with E-state index in [1.54, 1.807) is 13.0 Å². The van der Waals surface area contributed by atoms with Crippen LogP contribution in [0.15, 0.2) is 23.1 Å². The molecule has 1 aromatic carbocycles. The third-order valence-corrected chi connectivity index (χ3v) is 4.21. The van der Waals surface area contributed by atoms with E-state index in [1.165, 1.54) is 19.1 Å². The zero-order valence-electron chi connectivity index (χ0n) is 9.14. The Morgan fingerprint density at radius 3 is 2.47 bits per heavy atom.